The van der Waals surface area contributed by atoms with Gasteiger partial charge in [-0.25, -0.2) is 4.57 Å². The van der Waals surface area contributed by atoms with Crippen molar-refractivity contribution in [2.45, 2.75) is 97.1 Å². The Morgan fingerprint density at radius 1 is 0.339 bits per heavy atom. The third-order valence-corrected chi connectivity index (χ3v) is 11.8. The molecule has 0 atom stereocenters. The molecule has 8 heteroatoms. The molecule has 0 spiro atoms. The molecule has 59 heavy (non-hydrogen) atoms. The van der Waals surface area contributed by atoms with E-state index in [0.717, 1.165) is 33.4 Å². The van der Waals surface area contributed by atoms with E-state index >= 15 is 4.57 Å². The Balaban J connectivity index is 1.46. The number of phosphoric acid groups is 1. The molecule has 0 heterocycles. The van der Waals surface area contributed by atoms with Gasteiger partial charge in [0.1, 0.15) is 0 Å². The predicted octanol–water partition coefficient (Wildman–Crippen LogP) is 12.5. The zero-order valence-electron chi connectivity index (χ0n) is 35.5. The van der Waals surface area contributed by atoms with Gasteiger partial charge in [0, 0.05) is 16.6 Å². The Kier molecular flexibility index (Phi) is 14.9. The van der Waals surface area contributed by atoms with Crippen molar-refractivity contribution in [1.29, 1.82) is 0 Å². The van der Waals surface area contributed by atoms with Gasteiger partial charge < -0.3 is 0 Å². The molecule has 308 valence electrons. The second-order valence-corrected chi connectivity index (χ2v) is 18.6. The summed E-state index contributed by atoms with van der Waals surface area (Å²) in [6.07, 6.45) is 1.84. The van der Waals surface area contributed by atoms with Crippen LogP contribution in [0, 0.1) is 0 Å². The van der Waals surface area contributed by atoms with E-state index in [2.05, 4.69) is 114 Å². The quantitative estimate of drug-likeness (QED) is 0.0530. The monoisotopic (exact) mass is 809 g/mol. The summed E-state index contributed by atoms with van der Waals surface area (Å²) < 4.78 is 37.2. The van der Waals surface area contributed by atoms with Gasteiger partial charge in [-0.3, -0.25) is 0 Å². The van der Waals surface area contributed by atoms with Crippen LogP contribution < -0.4 is 0 Å². The Morgan fingerprint density at radius 2 is 0.525 bits per heavy atom. The van der Waals surface area contributed by atoms with Crippen molar-refractivity contribution in [2.75, 3.05) is 0 Å². The van der Waals surface area contributed by atoms with Gasteiger partial charge in [-0.05, 0) is 94.2 Å². The molecule has 0 fully saturated rings. The van der Waals surface area contributed by atoms with Gasteiger partial charge in [-0.15, -0.1) is 0 Å². The number of benzene rings is 6. The van der Waals surface area contributed by atoms with Gasteiger partial charge in [-0.2, -0.15) is 29.1 Å². The van der Waals surface area contributed by atoms with Gasteiger partial charge in [0.05, 0.1) is 19.6 Å². The molecular weight excluding hydrogens is 750 g/mol. The van der Waals surface area contributed by atoms with Crippen LogP contribution in [0.5, 0.6) is 0 Å². The molecule has 0 radical (unpaired) electrons. The van der Waals surface area contributed by atoms with E-state index < -0.39 is 24.4 Å². The molecule has 7 nitrogen and oxygen atoms in total. The fourth-order valence-corrected chi connectivity index (χ4v) is 8.92. The number of hydrogen-bond donors (Lipinski definition) is 0. The van der Waals surface area contributed by atoms with E-state index in [1.807, 2.05) is 109 Å². The van der Waals surface area contributed by atoms with Crippen molar-refractivity contribution in [3.8, 4) is 0 Å². The first-order valence-electron chi connectivity index (χ1n) is 20.5. The third-order valence-electron chi connectivity index (χ3n) is 10.6. The largest absolute Gasteiger partial charge is 0.525 e. The first kappa shape index (κ1) is 43.9. The first-order chi connectivity index (χ1) is 28.3. The normalized spacial score (nSPS) is 12.7. The van der Waals surface area contributed by atoms with E-state index in [-0.39, 0.29) is 0 Å². The summed E-state index contributed by atoms with van der Waals surface area (Å²) in [6, 6.07) is 61.3. The minimum Gasteiger partial charge on any atom is -0.223 e. The summed E-state index contributed by atoms with van der Waals surface area (Å²) >= 11 is 0. The summed E-state index contributed by atoms with van der Waals surface area (Å²) in [5.74, 6) is 0. The molecular formula is C51H60N3O4P. The van der Waals surface area contributed by atoms with Crippen molar-refractivity contribution in [1.82, 2.24) is 15.2 Å². The van der Waals surface area contributed by atoms with Crippen molar-refractivity contribution < 1.29 is 18.4 Å². The Labute approximate surface area is 352 Å². The molecule has 0 aliphatic rings. The van der Waals surface area contributed by atoms with E-state index in [1.54, 1.807) is 15.2 Å². The van der Waals surface area contributed by atoms with Crippen LogP contribution in [-0.2, 0) is 57.3 Å². The Hall–Kier alpha value is -4.69. The van der Waals surface area contributed by atoms with E-state index in [1.165, 1.54) is 0 Å². The van der Waals surface area contributed by atoms with Gasteiger partial charge in [0.15, 0.2) is 0 Å². The molecule has 0 aliphatic heterocycles. The predicted molar refractivity (Wildman–Crippen MR) is 239 cm³/mol. The molecule has 0 N–H and O–H groups in total. The second-order valence-electron chi connectivity index (χ2n) is 17.2. The number of hydrogen-bond acceptors (Lipinski definition) is 7. The van der Waals surface area contributed by atoms with E-state index in [4.69, 9.17) is 13.9 Å². The van der Waals surface area contributed by atoms with Crippen LogP contribution in [0.4, 0.5) is 0 Å². The summed E-state index contributed by atoms with van der Waals surface area (Å²) in [5.41, 5.74) is 4.35. The maximum absolute atomic E-state index is 16.3. The fourth-order valence-electron chi connectivity index (χ4n) is 7.27. The van der Waals surface area contributed by atoms with Gasteiger partial charge >= 0.3 is 7.82 Å². The molecule has 0 aromatic heterocycles. The lowest BCUT2D eigenvalue weighted by atomic mass is 9.94. The van der Waals surface area contributed by atoms with Crippen LogP contribution in [0.15, 0.2) is 182 Å². The SMILES string of the molecule is CC(C)(Cc1ccccc1)N(Cc1ccccc1)OP(=O)(ON(Cc1ccccc1)C(C)(C)Cc1ccccc1)ON(Cc1ccccc1)C(C)(C)Cc1ccccc1. The van der Waals surface area contributed by atoms with Crippen molar-refractivity contribution >= 4 is 7.82 Å². The van der Waals surface area contributed by atoms with Crippen molar-refractivity contribution in [3.63, 3.8) is 0 Å². The summed E-state index contributed by atoms with van der Waals surface area (Å²) in [4.78, 5) is 0. The lowest BCUT2D eigenvalue weighted by Gasteiger charge is -2.44. The molecule has 6 rings (SSSR count). The standard InChI is InChI=1S/C51H60N3O4P/c1-49(2,37-43-25-13-7-14-26-43)52(40-46-31-19-10-20-32-46)56-59(55,57-53(41-47-33-21-11-22-34-47)50(3,4)38-44-27-15-8-16-28-44)58-54(42-48-35-23-12-24-36-48)51(5,6)39-45-29-17-9-18-30-45/h7-36H,37-42H2,1-6H3. The maximum atomic E-state index is 16.3. The lowest BCUT2D eigenvalue weighted by Crippen LogP contribution is -2.49. The van der Waals surface area contributed by atoms with Crippen molar-refractivity contribution in [3.05, 3.63) is 215 Å². The average Bonchev–Trinajstić information content (AvgIpc) is 3.22. The summed E-state index contributed by atoms with van der Waals surface area (Å²) in [6.45, 7) is 13.6. The molecule has 6 aromatic rings. The van der Waals surface area contributed by atoms with Crippen LogP contribution in [0.3, 0.4) is 0 Å². The van der Waals surface area contributed by atoms with Gasteiger partial charge in [0.2, 0.25) is 0 Å². The van der Waals surface area contributed by atoms with Crippen LogP contribution in [0.2, 0.25) is 0 Å². The summed E-state index contributed by atoms with van der Waals surface area (Å²) in [5, 5.41) is 5.39. The highest BCUT2D eigenvalue weighted by Crippen LogP contribution is 2.56. The van der Waals surface area contributed by atoms with Crippen LogP contribution in [-0.4, -0.2) is 31.8 Å². The fraction of sp³-hybridized carbons (Fsp3) is 0.294. The van der Waals surface area contributed by atoms with Crippen LogP contribution >= 0.6 is 7.82 Å². The van der Waals surface area contributed by atoms with Gasteiger partial charge in [0.25, 0.3) is 0 Å². The highest BCUT2D eigenvalue weighted by molar-refractivity contribution is 7.48. The highest BCUT2D eigenvalue weighted by atomic mass is 31.2. The molecule has 0 saturated carbocycles. The highest BCUT2D eigenvalue weighted by Gasteiger charge is 2.46. The van der Waals surface area contributed by atoms with E-state index in [9.17, 15) is 0 Å². The Bertz CT molecular complexity index is 1920. The molecule has 6 aromatic carbocycles. The smallest absolute Gasteiger partial charge is 0.223 e. The van der Waals surface area contributed by atoms with Crippen LogP contribution in [0.25, 0.3) is 0 Å². The molecule has 0 unspecified atom stereocenters. The molecule has 0 amide bonds. The van der Waals surface area contributed by atoms with Crippen LogP contribution in [0.1, 0.15) is 74.9 Å². The maximum Gasteiger partial charge on any atom is 0.525 e. The molecule has 0 bridgehead atoms. The third kappa shape index (κ3) is 13.2. The minimum atomic E-state index is -4.62. The van der Waals surface area contributed by atoms with Crippen molar-refractivity contribution in [2.24, 2.45) is 0 Å². The Morgan fingerprint density at radius 3 is 0.729 bits per heavy atom. The summed E-state index contributed by atoms with van der Waals surface area (Å²) in [7, 11) is -4.62. The zero-order chi connectivity index (χ0) is 41.8. The topological polar surface area (TPSA) is 54.5 Å². The van der Waals surface area contributed by atoms with E-state index in [0.29, 0.717) is 38.9 Å². The minimum absolute atomic E-state index is 0.329. The number of hydroxylamine groups is 6. The van der Waals surface area contributed by atoms with Gasteiger partial charge in [-0.1, -0.05) is 182 Å². The molecule has 0 aliphatic carbocycles. The zero-order valence-corrected chi connectivity index (χ0v) is 36.4. The molecule has 0 saturated heterocycles. The average molecular weight is 810 g/mol. The number of nitrogens with zero attached hydrogens (tertiary/aromatic N) is 3. The lowest BCUT2D eigenvalue weighted by molar-refractivity contribution is -0.247. The number of rotatable bonds is 21. The first-order valence-corrected chi connectivity index (χ1v) is 22.0. The second kappa shape index (κ2) is 20.0.